The molecule has 0 spiro atoms. The minimum atomic E-state index is 0.0922. The van der Waals surface area contributed by atoms with Gasteiger partial charge in [-0.25, -0.2) is 0 Å². The summed E-state index contributed by atoms with van der Waals surface area (Å²) in [5, 5.41) is 8.39. The van der Waals surface area contributed by atoms with Gasteiger partial charge in [0.15, 0.2) is 0 Å². The standard InChI is InChI=1S/C13H17N3/c1-10-5-6-12(16-14-7-8-15-16)11(9-10)13(2,3)4/h5-9H,1-4H3. The second-order valence-electron chi connectivity index (χ2n) is 5.09. The molecule has 2 rings (SSSR count). The third-order valence-corrected chi connectivity index (χ3v) is 2.59. The zero-order valence-corrected chi connectivity index (χ0v) is 10.2. The van der Waals surface area contributed by atoms with Gasteiger partial charge in [0.25, 0.3) is 0 Å². The minimum Gasteiger partial charge on any atom is -0.157 e. The first-order chi connectivity index (χ1) is 7.48. The lowest BCUT2D eigenvalue weighted by atomic mass is 9.85. The number of hydrogen-bond acceptors (Lipinski definition) is 2. The van der Waals surface area contributed by atoms with Gasteiger partial charge < -0.3 is 0 Å². The molecule has 1 heterocycles. The van der Waals surface area contributed by atoms with Gasteiger partial charge in [-0.1, -0.05) is 38.5 Å². The Bertz CT molecular complexity index is 478. The van der Waals surface area contributed by atoms with Crippen LogP contribution in [0.3, 0.4) is 0 Å². The minimum absolute atomic E-state index is 0.0922. The van der Waals surface area contributed by atoms with Gasteiger partial charge in [0.2, 0.25) is 0 Å². The largest absolute Gasteiger partial charge is 0.157 e. The molecule has 0 aliphatic carbocycles. The van der Waals surface area contributed by atoms with Crippen molar-refractivity contribution in [2.24, 2.45) is 0 Å². The van der Waals surface area contributed by atoms with E-state index in [0.717, 1.165) is 5.69 Å². The predicted octanol–water partition coefficient (Wildman–Crippen LogP) is 2.87. The first-order valence-corrected chi connectivity index (χ1v) is 5.46. The molecule has 0 amide bonds. The highest BCUT2D eigenvalue weighted by Gasteiger charge is 2.19. The van der Waals surface area contributed by atoms with Crippen molar-refractivity contribution in [2.45, 2.75) is 33.1 Å². The molecule has 0 bridgehead atoms. The summed E-state index contributed by atoms with van der Waals surface area (Å²) in [4.78, 5) is 1.68. The Balaban J connectivity index is 2.62. The fourth-order valence-corrected chi connectivity index (χ4v) is 1.77. The fraction of sp³-hybridized carbons (Fsp3) is 0.385. The van der Waals surface area contributed by atoms with Gasteiger partial charge >= 0.3 is 0 Å². The molecule has 0 radical (unpaired) electrons. The molecule has 3 heteroatoms. The molecule has 0 atom stereocenters. The maximum Gasteiger partial charge on any atom is 0.0894 e. The van der Waals surface area contributed by atoms with Crippen LogP contribution >= 0.6 is 0 Å². The van der Waals surface area contributed by atoms with Crippen LogP contribution in [0.25, 0.3) is 5.69 Å². The van der Waals surface area contributed by atoms with E-state index in [1.165, 1.54) is 11.1 Å². The average Bonchev–Trinajstić information content (AvgIpc) is 2.69. The van der Waals surface area contributed by atoms with Crippen LogP contribution < -0.4 is 0 Å². The first kappa shape index (κ1) is 10.9. The molecule has 0 aliphatic heterocycles. The molecule has 0 saturated heterocycles. The van der Waals surface area contributed by atoms with Gasteiger partial charge in [0, 0.05) is 0 Å². The summed E-state index contributed by atoms with van der Waals surface area (Å²) in [6, 6.07) is 6.38. The van der Waals surface area contributed by atoms with Crippen molar-refractivity contribution in [1.82, 2.24) is 15.0 Å². The number of aromatic nitrogens is 3. The van der Waals surface area contributed by atoms with Crippen molar-refractivity contribution in [2.75, 3.05) is 0 Å². The van der Waals surface area contributed by atoms with E-state index in [-0.39, 0.29) is 5.41 Å². The Morgan fingerprint density at radius 2 is 1.69 bits per heavy atom. The molecular formula is C13H17N3. The molecule has 1 aromatic heterocycles. The van der Waals surface area contributed by atoms with Gasteiger partial charge in [0.1, 0.15) is 0 Å². The van der Waals surface area contributed by atoms with E-state index in [2.05, 4.69) is 56.1 Å². The Morgan fingerprint density at radius 3 is 2.25 bits per heavy atom. The smallest absolute Gasteiger partial charge is 0.0894 e. The summed E-state index contributed by atoms with van der Waals surface area (Å²) in [5.41, 5.74) is 3.68. The summed E-state index contributed by atoms with van der Waals surface area (Å²) in [6.45, 7) is 8.72. The van der Waals surface area contributed by atoms with E-state index < -0.39 is 0 Å². The number of hydrogen-bond donors (Lipinski definition) is 0. The third-order valence-electron chi connectivity index (χ3n) is 2.59. The van der Waals surface area contributed by atoms with E-state index in [9.17, 15) is 0 Å². The third kappa shape index (κ3) is 1.98. The van der Waals surface area contributed by atoms with Crippen LogP contribution in [0.4, 0.5) is 0 Å². The SMILES string of the molecule is Cc1ccc(-n2nccn2)c(C(C)(C)C)c1. The van der Waals surface area contributed by atoms with Crippen LogP contribution in [0.5, 0.6) is 0 Å². The summed E-state index contributed by atoms with van der Waals surface area (Å²) in [7, 11) is 0. The van der Waals surface area contributed by atoms with Crippen molar-refractivity contribution >= 4 is 0 Å². The van der Waals surface area contributed by atoms with Crippen LogP contribution in [0.1, 0.15) is 31.9 Å². The molecule has 84 valence electrons. The van der Waals surface area contributed by atoms with Crippen LogP contribution in [0.15, 0.2) is 30.6 Å². The molecule has 0 fully saturated rings. The summed E-state index contributed by atoms with van der Waals surface area (Å²) < 4.78 is 0. The molecule has 3 nitrogen and oxygen atoms in total. The molecule has 0 unspecified atom stereocenters. The van der Waals surface area contributed by atoms with E-state index in [1.807, 2.05) is 0 Å². The second kappa shape index (κ2) is 3.74. The molecule has 16 heavy (non-hydrogen) atoms. The van der Waals surface area contributed by atoms with Crippen LogP contribution in [0.2, 0.25) is 0 Å². The number of aryl methyl sites for hydroxylation is 1. The van der Waals surface area contributed by atoms with E-state index in [0.29, 0.717) is 0 Å². The van der Waals surface area contributed by atoms with Gasteiger partial charge in [-0.3, -0.25) is 0 Å². The molecule has 1 aromatic carbocycles. The molecule has 0 N–H and O–H groups in total. The topological polar surface area (TPSA) is 30.7 Å². The van der Waals surface area contributed by atoms with Crippen LogP contribution in [0, 0.1) is 6.92 Å². The fourth-order valence-electron chi connectivity index (χ4n) is 1.77. The van der Waals surface area contributed by atoms with Gasteiger partial charge in [-0.05, 0) is 24.0 Å². The second-order valence-corrected chi connectivity index (χ2v) is 5.09. The van der Waals surface area contributed by atoms with Crippen molar-refractivity contribution in [3.8, 4) is 5.69 Å². The van der Waals surface area contributed by atoms with Crippen LogP contribution in [-0.4, -0.2) is 15.0 Å². The maximum absolute atomic E-state index is 4.20. The summed E-state index contributed by atoms with van der Waals surface area (Å²) in [6.07, 6.45) is 3.40. The van der Waals surface area contributed by atoms with E-state index >= 15 is 0 Å². The summed E-state index contributed by atoms with van der Waals surface area (Å²) >= 11 is 0. The lowest BCUT2D eigenvalue weighted by Crippen LogP contribution is -2.16. The van der Waals surface area contributed by atoms with Gasteiger partial charge in [-0.2, -0.15) is 15.0 Å². The molecule has 0 saturated carbocycles. The zero-order valence-electron chi connectivity index (χ0n) is 10.2. The van der Waals surface area contributed by atoms with E-state index in [1.54, 1.807) is 17.2 Å². The predicted molar refractivity (Wildman–Crippen MR) is 64.8 cm³/mol. The van der Waals surface area contributed by atoms with Crippen LogP contribution in [-0.2, 0) is 5.41 Å². The normalized spacial score (nSPS) is 11.8. The molecule has 0 aliphatic rings. The Labute approximate surface area is 96.1 Å². The number of nitrogens with zero attached hydrogens (tertiary/aromatic N) is 3. The maximum atomic E-state index is 4.20. The van der Waals surface area contributed by atoms with Gasteiger partial charge in [0.05, 0.1) is 18.1 Å². The molecule has 2 aromatic rings. The monoisotopic (exact) mass is 215 g/mol. The highest BCUT2D eigenvalue weighted by molar-refractivity contribution is 5.45. The lowest BCUT2D eigenvalue weighted by molar-refractivity contribution is 0.576. The number of benzene rings is 1. The van der Waals surface area contributed by atoms with Crippen molar-refractivity contribution < 1.29 is 0 Å². The van der Waals surface area contributed by atoms with Gasteiger partial charge in [-0.15, -0.1) is 0 Å². The Morgan fingerprint density at radius 1 is 1.06 bits per heavy atom. The van der Waals surface area contributed by atoms with Crippen molar-refractivity contribution in [1.29, 1.82) is 0 Å². The molecular weight excluding hydrogens is 198 g/mol. The zero-order chi connectivity index (χ0) is 11.8. The quantitative estimate of drug-likeness (QED) is 0.732. The Kier molecular flexibility index (Phi) is 2.54. The number of rotatable bonds is 1. The highest BCUT2D eigenvalue weighted by atomic mass is 15.5. The average molecular weight is 215 g/mol. The summed E-state index contributed by atoms with van der Waals surface area (Å²) in [5.74, 6) is 0. The van der Waals surface area contributed by atoms with Crippen molar-refractivity contribution in [3.63, 3.8) is 0 Å². The Hall–Kier alpha value is -1.64. The first-order valence-electron chi connectivity index (χ1n) is 5.46. The lowest BCUT2D eigenvalue weighted by Gasteiger charge is -2.22. The van der Waals surface area contributed by atoms with Crippen molar-refractivity contribution in [3.05, 3.63) is 41.7 Å². The highest BCUT2D eigenvalue weighted by Crippen LogP contribution is 2.28. The van der Waals surface area contributed by atoms with E-state index in [4.69, 9.17) is 0 Å².